The van der Waals surface area contributed by atoms with Crippen molar-refractivity contribution in [3.8, 4) is 52.8 Å². The summed E-state index contributed by atoms with van der Waals surface area (Å²) in [4.78, 5) is 59.0. The molecule has 0 saturated heterocycles. The second-order valence-corrected chi connectivity index (χ2v) is 17.0. The van der Waals surface area contributed by atoms with Gasteiger partial charge in [-0.05, 0) is 57.8 Å². The first-order valence-electron chi connectivity index (χ1n) is 21.7. The van der Waals surface area contributed by atoms with Crippen LogP contribution in [0.1, 0.15) is 42.7 Å². The van der Waals surface area contributed by atoms with E-state index in [0.29, 0.717) is 31.1 Å². The van der Waals surface area contributed by atoms with E-state index < -0.39 is 30.1 Å². The van der Waals surface area contributed by atoms with E-state index in [1.54, 1.807) is 30.5 Å². The number of aromatic nitrogens is 4. The highest BCUT2D eigenvalue weighted by molar-refractivity contribution is 7.21. The normalized spacial score (nSPS) is 12.6. The summed E-state index contributed by atoms with van der Waals surface area (Å²) in [6.07, 6.45) is 15.6. The number of terminal acetylenes is 2. The number of imidazole rings is 2. The molecule has 6 aromatic rings. The Labute approximate surface area is 392 Å². The smallest absolute Gasteiger partial charge is 0.407 e. The number of H-pyrrole nitrogens is 2. The van der Waals surface area contributed by atoms with Crippen LogP contribution in [0.15, 0.2) is 104 Å². The lowest BCUT2D eigenvalue weighted by atomic mass is 9.92. The minimum absolute atomic E-state index is 0.0272. The molecular weight excluding hydrogens is 864 g/mol. The lowest BCUT2D eigenvalue weighted by molar-refractivity contribution is -0.134. The zero-order valence-electron chi connectivity index (χ0n) is 37.9. The molecule has 7 rings (SSSR count). The average molecular weight is 917 g/mol. The lowest BCUT2D eigenvalue weighted by Crippen LogP contribution is -2.50. The third kappa shape index (κ3) is 10.6. The van der Waals surface area contributed by atoms with Gasteiger partial charge in [0, 0.05) is 35.4 Å². The molecule has 0 bridgehead atoms. The van der Waals surface area contributed by atoms with Crippen LogP contribution >= 0.6 is 8.86 Å². The van der Waals surface area contributed by atoms with Crippen molar-refractivity contribution in [3.05, 3.63) is 127 Å². The van der Waals surface area contributed by atoms with E-state index in [0.717, 1.165) is 66.7 Å². The summed E-state index contributed by atoms with van der Waals surface area (Å²) >= 11 is 0. The Hall–Kier alpha value is -7.64. The highest BCUT2D eigenvalue weighted by Gasteiger charge is 2.31. The van der Waals surface area contributed by atoms with Crippen molar-refractivity contribution in [2.45, 2.75) is 45.6 Å². The van der Waals surface area contributed by atoms with Crippen LogP contribution in [-0.2, 0) is 34.0 Å². The highest BCUT2D eigenvalue weighted by Crippen LogP contribution is 2.42. The van der Waals surface area contributed by atoms with E-state index in [1.165, 1.54) is 19.1 Å². The minimum atomic E-state index is -1.06. The van der Waals surface area contributed by atoms with Gasteiger partial charge < -0.3 is 39.7 Å². The molecule has 3 heterocycles. The second kappa shape index (κ2) is 21.1. The van der Waals surface area contributed by atoms with Gasteiger partial charge in [0.1, 0.15) is 30.0 Å². The first-order valence-corrected chi connectivity index (χ1v) is 22.2. The van der Waals surface area contributed by atoms with E-state index in [9.17, 15) is 14.4 Å². The van der Waals surface area contributed by atoms with Crippen molar-refractivity contribution in [2.24, 2.45) is 17.8 Å². The van der Waals surface area contributed by atoms with Crippen LogP contribution in [0.5, 0.6) is 5.75 Å². The standard InChI is InChI=1S/C52H53N8O6P/c1-9-32(10-2)26-59(49(61)47(58-52(63)65-8)34-16-14-13-15-17-34)28-44-53-25-42(55-44)36-18-20-38-37(22-36)30-66-43-24-39-35(23-40(38)43)19-21-41-48(39)56-45(54-41)29-60(27-33(11-3)12-4)50(67)46(31(5)6)57-51(62)64-7/h1-2,11-25,31-33,46-47,67H,3-4,26-30H2,5-8H3,(H,53,55)(H,54,56)(H,57,62)(H,58,63)/t46-,47?/m0/s1. The van der Waals surface area contributed by atoms with E-state index in [-0.39, 0.29) is 31.0 Å². The quantitative estimate of drug-likeness (QED) is 0.0376. The van der Waals surface area contributed by atoms with E-state index in [4.69, 9.17) is 32.0 Å². The molecule has 14 nitrogen and oxygen atoms in total. The Bertz CT molecular complexity index is 2910. The van der Waals surface area contributed by atoms with Gasteiger partial charge in [-0.25, -0.2) is 19.6 Å². The summed E-state index contributed by atoms with van der Waals surface area (Å²) in [5.74, 6) is 6.01. The Kier molecular flexibility index (Phi) is 14.9. The largest absolute Gasteiger partial charge is 0.488 e. The minimum Gasteiger partial charge on any atom is -0.488 e. The van der Waals surface area contributed by atoms with Gasteiger partial charge in [-0.3, -0.25) is 9.69 Å². The zero-order valence-corrected chi connectivity index (χ0v) is 38.9. The third-order valence-corrected chi connectivity index (χ3v) is 12.4. The molecule has 1 aliphatic heterocycles. The fraction of sp³-hybridized carbons (Fsp3) is 0.269. The molecule has 0 saturated carbocycles. The maximum atomic E-state index is 14.2. The van der Waals surface area contributed by atoms with Crippen LogP contribution in [0.2, 0.25) is 0 Å². The van der Waals surface area contributed by atoms with Crippen LogP contribution < -0.4 is 15.4 Å². The number of hydrogen-bond donors (Lipinski definition) is 4. The molecule has 2 atom stereocenters. The Balaban J connectivity index is 1.14. The van der Waals surface area contributed by atoms with Gasteiger partial charge in [-0.15, -0.1) is 34.9 Å². The molecule has 0 fully saturated rings. The molecule has 342 valence electrons. The molecule has 4 aromatic carbocycles. The Morgan fingerprint density at radius 3 is 2.30 bits per heavy atom. The number of carbonyl (C=O) groups is 3. The van der Waals surface area contributed by atoms with Crippen molar-refractivity contribution < 1.29 is 28.6 Å². The number of nitrogens with zero attached hydrogens (tertiary/aromatic N) is 4. The number of amides is 3. The van der Waals surface area contributed by atoms with Crippen molar-refractivity contribution >= 4 is 54.2 Å². The third-order valence-electron chi connectivity index (χ3n) is 11.8. The summed E-state index contributed by atoms with van der Waals surface area (Å²) in [7, 11) is 6.46. The van der Waals surface area contributed by atoms with Crippen molar-refractivity contribution in [1.82, 2.24) is 40.4 Å². The van der Waals surface area contributed by atoms with E-state index >= 15 is 0 Å². The maximum Gasteiger partial charge on any atom is 0.407 e. The Morgan fingerprint density at radius 1 is 0.896 bits per heavy atom. The van der Waals surface area contributed by atoms with Crippen LogP contribution in [-0.4, -0.2) is 86.6 Å². The molecule has 1 unspecified atom stereocenters. The number of methoxy groups -OCH3 is 2. The molecule has 67 heavy (non-hydrogen) atoms. The maximum absolute atomic E-state index is 14.2. The van der Waals surface area contributed by atoms with Gasteiger partial charge in [-0.2, -0.15) is 0 Å². The van der Waals surface area contributed by atoms with Gasteiger partial charge in [0.05, 0.1) is 62.2 Å². The molecule has 4 N–H and O–H groups in total. The van der Waals surface area contributed by atoms with Crippen molar-refractivity contribution in [1.29, 1.82) is 0 Å². The number of hydrogen-bond acceptors (Lipinski definition) is 8. The predicted octanol–water partition coefficient (Wildman–Crippen LogP) is 8.42. The summed E-state index contributed by atoms with van der Waals surface area (Å²) in [5.41, 5.74) is 7.64. The topological polar surface area (TPSA) is 167 Å². The lowest BCUT2D eigenvalue weighted by Gasteiger charge is -2.32. The van der Waals surface area contributed by atoms with Gasteiger partial charge in [0.25, 0.3) is 0 Å². The number of carbonyl (C=O) groups excluding carboxylic acids is 3. The molecule has 3 amide bonds. The number of fused-ring (bicyclic) bond motifs is 6. The number of ether oxygens (including phenoxy) is 3. The number of alkyl carbamates (subject to hydrolysis) is 2. The molecule has 0 spiro atoms. The van der Waals surface area contributed by atoms with Crippen LogP contribution in [0.3, 0.4) is 0 Å². The summed E-state index contributed by atoms with van der Waals surface area (Å²) in [6, 6.07) is 21.9. The van der Waals surface area contributed by atoms with Crippen LogP contribution in [0.4, 0.5) is 9.59 Å². The van der Waals surface area contributed by atoms with Crippen LogP contribution in [0, 0.1) is 42.4 Å². The number of nitrogens with one attached hydrogen (secondary N) is 4. The fourth-order valence-corrected chi connectivity index (χ4v) is 8.69. The molecule has 2 aromatic heterocycles. The molecule has 15 heteroatoms. The molecule has 1 aliphatic rings. The first kappa shape index (κ1) is 47.3. The van der Waals surface area contributed by atoms with Gasteiger partial charge >= 0.3 is 12.2 Å². The van der Waals surface area contributed by atoms with E-state index in [2.05, 4.69) is 94.7 Å². The summed E-state index contributed by atoms with van der Waals surface area (Å²) in [6.45, 7) is 13.4. The average Bonchev–Trinajstić information content (AvgIpc) is 4.01. The van der Waals surface area contributed by atoms with Gasteiger partial charge in [0.2, 0.25) is 5.91 Å². The Morgan fingerprint density at radius 2 is 1.61 bits per heavy atom. The van der Waals surface area contributed by atoms with Gasteiger partial charge in [-0.1, -0.05) is 86.4 Å². The summed E-state index contributed by atoms with van der Waals surface area (Å²) < 4.78 is 16.2. The number of benzene rings is 4. The predicted molar refractivity (Wildman–Crippen MR) is 264 cm³/mol. The van der Waals surface area contributed by atoms with Crippen molar-refractivity contribution in [3.63, 3.8) is 0 Å². The zero-order chi connectivity index (χ0) is 47.8. The molecule has 0 radical (unpaired) electrons. The second-order valence-electron chi connectivity index (χ2n) is 16.5. The number of aromatic amines is 2. The summed E-state index contributed by atoms with van der Waals surface area (Å²) in [5, 5.41) is 7.58. The molecular formula is C52H53N8O6P. The fourth-order valence-electron chi connectivity index (χ4n) is 8.12. The van der Waals surface area contributed by atoms with Gasteiger partial charge in [0.15, 0.2) is 0 Å². The highest BCUT2D eigenvalue weighted by atomic mass is 31.0. The first-order chi connectivity index (χ1) is 32.4. The SMILES string of the molecule is C#CC(C#C)CN(Cc1ncc(-c2ccc3c(c2)COc2cc4c(ccc5nc(CN(CC(C=C)C=C)C(=P)[C@@H](NC(=O)OC)C(C)C)[nH]c54)cc2-3)[nH]1)C(=O)C(NC(=O)OC)c1ccccc1. The monoisotopic (exact) mass is 916 g/mol. The van der Waals surface area contributed by atoms with E-state index in [1.807, 2.05) is 44.2 Å². The van der Waals surface area contributed by atoms with Crippen LogP contribution in [0.25, 0.3) is 44.2 Å². The number of rotatable bonds is 18. The van der Waals surface area contributed by atoms with Crippen molar-refractivity contribution in [2.75, 3.05) is 27.3 Å². The molecule has 0 aliphatic carbocycles.